The van der Waals surface area contributed by atoms with Crippen LogP contribution in [-0.4, -0.2) is 17.0 Å². The summed E-state index contributed by atoms with van der Waals surface area (Å²) in [5, 5.41) is 10.5. The van der Waals surface area contributed by atoms with E-state index in [9.17, 15) is 9.90 Å². The molecule has 4 aliphatic carbocycles. The van der Waals surface area contributed by atoms with E-state index in [1.54, 1.807) is 0 Å². The molecule has 1 N–H and O–H groups in total. The first-order valence-electron chi connectivity index (χ1n) is 9.45. The van der Waals surface area contributed by atoms with Crippen molar-refractivity contribution in [2.45, 2.75) is 64.9 Å². The van der Waals surface area contributed by atoms with Crippen molar-refractivity contribution in [1.29, 1.82) is 0 Å². The fraction of sp³-hybridized carbons (Fsp3) is 0.762. The van der Waals surface area contributed by atoms with Gasteiger partial charge >= 0.3 is 0 Å². The zero-order valence-corrected chi connectivity index (χ0v) is 14.6. The van der Waals surface area contributed by atoms with Gasteiger partial charge < -0.3 is 5.11 Å². The van der Waals surface area contributed by atoms with Crippen LogP contribution in [0.5, 0.6) is 0 Å². The summed E-state index contributed by atoms with van der Waals surface area (Å²) in [7, 11) is 0. The van der Waals surface area contributed by atoms with E-state index in [2.05, 4.69) is 20.4 Å². The van der Waals surface area contributed by atoms with Gasteiger partial charge in [-0.2, -0.15) is 0 Å². The molecule has 0 aromatic carbocycles. The highest BCUT2D eigenvalue weighted by Crippen LogP contribution is 2.66. The largest absolute Gasteiger partial charge is 0.393 e. The summed E-state index contributed by atoms with van der Waals surface area (Å²) in [5.41, 5.74) is 1.64. The van der Waals surface area contributed by atoms with E-state index in [1.807, 2.05) is 12.2 Å². The van der Waals surface area contributed by atoms with Gasteiger partial charge in [0.15, 0.2) is 5.78 Å². The molecule has 1 unspecified atom stereocenters. The lowest BCUT2D eigenvalue weighted by Gasteiger charge is -2.59. The SMILES string of the molecule is C=CC1CC(=O)C=C2CC[C@H]3[C@@H]4CC[C@H](O)[C@@]4(C)CC[C@@H]3[C@]21C. The number of fused-ring (bicyclic) bond motifs is 5. The molecule has 4 rings (SSSR count). The van der Waals surface area contributed by atoms with E-state index in [-0.39, 0.29) is 22.7 Å². The number of carbonyl (C=O) groups is 1. The zero-order valence-electron chi connectivity index (χ0n) is 14.6. The Bertz CT molecular complexity index is 576. The third-order valence-electron chi connectivity index (χ3n) is 8.41. The van der Waals surface area contributed by atoms with Crippen LogP contribution in [-0.2, 0) is 4.79 Å². The normalized spacial score (nSPS) is 52.2. The minimum absolute atomic E-state index is 0.110. The van der Waals surface area contributed by atoms with Gasteiger partial charge in [0.25, 0.3) is 0 Å². The first-order valence-corrected chi connectivity index (χ1v) is 9.45. The Labute approximate surface area is 140 Å². The molecule has 7 atom stereocenters. The summed E-state index contributed by atoms with van der Waals surface area (Å²) in [5.74, 6) is 2.61. The van der Waals surface area contributed by atoms with Gasteiger partial charge in [0, 0.05) is 6.42 Å². The molecule has 0 heterocycles. The predicted molar refractivity (Wildman–Crippen MR) is 91.8 cm³/mol. The monoisotopic (exact) mass is 314 g/mol. The Morgan fingerprint density at radius 3 is 2.74 bits per heavy atom. The number of ketones is 1. The standard InChI is InChI=1S/C21H30O2/c1-4-13-11-15(22)12-14-5-6-16-17-7-8-19(23)20(17,2)10-9-18(16)21(13,14)3/h4,12-13,16-19,23H,1,5-11H2,2-3H3/t13?,16-,17-,18-,19-,20-,21-/m0/s1. The Kier molecular flexibility index (Phi) is 3.43. The maximum Gasteiger partial charge on any atom is 0.156 e. The van der Waals surface area contributed by atoms with E-state index in [1.165, 1.54) is 24.8 Å². The predicted octanol–water partition coefficient (Wildman–Crippen LogP) is 4.29. The van der Waals surface area contributed by atoms with Crippen LogP contribution in [0.1, 0.15) is 58.8 Å². The van der Waals surface area contributed by atoms with Crippen molar-refractivity contribution < 1.29 is 9.90 Å². The van der Waals surface area contributed by atoms with Gasteiger partial charge in [0.2, 0.25) is 0 Å². The molecule has 3 fully saturated rings. The molecule has 0 aliphatic heterocycles. The third kappa shape index (κ3) is 1.94. The van der Waals surface area contributed by atoms with Crippen molar-refractivity contribution >= 4 is 5.78 Å². The third-order valence-corrected chi connectivity index (χ3v) is 8.41. The lowest BCUT2D eigenvalue weighted by atomic mass is 9.45. The number of rotatable bonds is 1. The number of hydrogen-bond acceptors (Lipinski definition) is 2. The smallest absolute Gasteiger partial charge is 0.156 e. The van der Waals surface area contributed by atoms with Crippen LogP contribution in [0.15, 0.2) is 24.3 Å². The van der Waals surface area contributed by atoms with Crippen LogP contribution >= 0.6 is 0 Å². The van der Waals surface area contributed by atoms with Crippen molar-refractivity contribution in [3.8, 4) is 0 Å². The first-order chi connectivity index (χ1) is 10.9. The molecule has 0 amide bonds. The molecule has 0 saturated heterocycles. The molecule has 2 heteroatoms. The van der Waals surface area contributed by atoms with Crippen LogP contribution in [0, 0.1) is 34.5 Å². The van der Waals surface area contributed by atoms with Gasteiger partial charge in [-0.3, -0.25) is 4.79 Å². The fourth-order valence-corrected chi connectivity index (χ4v) is 6.99. The molecule has 0 spiro atoms. The highest BCUT2D eigenvalue weighted by Gasteiger charge is 2.60. The molecule has 0 aromatic rings. The van der Waals surface area contributed by atoms with Crippen LogP contribution in [0.4, 0.5) is 0 Å². The molecular formula is C21H30O2. The Hall–Kier alpha value is -0.890. The number of aliphatic hydroxyl groups excluding tert-OH is 1. The number of aliphatic hydroxyl groups is 1. The van der Waals surface area contributed by atoms with Gasteiger partial charge in [-0.15, -0.1) is 6.58 Å². The molecule has 0 aromatic heterocycles. The van der Waals surface area contributed by atoms with Crippen molar-refractivity contribution in [2.24, 2.45) is 34.5 Å². The van der Waals surface area contributed by atoms with Crippen LogP contribution < -0.4 is 0 Å². The maximum atomic E-state index is 12.1. The highest BCUT2D eigenvalue weighted by molar-refractivity contribution is 5.92. The highest BCUT2D eigenvalue weighted by atomic mass is 16.3. The Morgan fingerprint density at radius 2 is 2.00 bits per heavy atom. The van der Waals surface area contributed by atoms with Crippen LogP contribution in [0.25, 0.3) is 0 Å². The minimum atomic E-state index is -0.110. The van der Waals surface area contributed by atoms with Gasteiger partial charge in [-0.25, -0.2) is 0 Å². The fourth-order valence-electron chi connectivity index (χ4n) is 6.99. The second-order valence-corrected chi connectivity index (χ2v) is 9.02. The Morgan fingerprint density at radius 1 is 1.22 bits per heavy atom. The summed E-state index contributed by atoms with van der Waals surface area (Å²) in [4.78, 5) is 12.1. The van der Waals surface area contributed by atoms with E-state index in [0.29, 0.717) is 30.1 Å². The molecule has 126 valence electrons. The summed E-state index contributed by atoms with van der Waals surface area (Å²) in [6.45, 7) is 8.80. The van der Waals surface area contributed by atoms with Gasteiger partial charge in [0.05, 0.1) is 6.10 Å². The number of hydrogen-bond donors (Lipinski definition) is 1. The summed E-state index contributed by atoms with van der Waals surface area (Å²) >= 11 is 0. The zero-order chi connectivity index (χ0) is 16.4. The van der Waals surface area contributed by atoms with Crippen molar-refractivity contribution in [1.82, 2.24) is 0 Å². The minimum Gasteiger partial charge on any atom is -0.393 e. The van der Waals surface area contributed by atoms with Crippen molar-refractivity contribution in [2.75, 3.05) is 0 Å². The summed E-state index contributed by atoms with van der Waals surface area (Å²) < 4.78 is 0. The summed E-state index contributed by atoms with van der Waals surface area (Å²) in [6.07, 6.45) is 11.3. The number of carbonyl (C=O) groups excluding carboxylic acids is 1. The molecule has 0 bridgehead atoms. The molecular weight excluding hydrogens is 284 g/mol. The Balaban J connectivity index is 1.74. The average Bonchev–Trinajstić information content (AvgIpc) is 2.83. The van der Waals surface area contributed by atoms with Gasteiger partial charge in [-0.05, 0) is 79.1 Å². The number of allylic oxidation sites excluding steroid dienone is 2. The lowest BCUT2D eigenvalue weighted by Crippen LogP contribution is -2.53. The lowest BCUT2D eigenvalue weighted by molar-refractivity contribution is -0.120. The maximum absolute atomic E-state index is 12.1. The van der Waals surface area contributed by atoms with Crippen molar-refractivity contribution in [3.05, 3.63) is 24.3 Å². The van der Waals surface area contributed by atoms with Crippen LogP contribution in [0.2, 0.25) is 0 Å². The second kappa shape index (κ2) is 5.05. The van der Waals surface area contributed by atoms with E-state index >= 15 is 0 Å². The van der Waals surface area contributed by atoms with E-state index in [0.717, 1.165) is 19.3 Å². The van der Waals surface area contributed by atoms with Gasteiger partial charge in [0.1, 0.15) is 0 Å². The van der Waals surface area contributed by atoms with Gasteiger partial charge in [-0.1, -0.05) is 25.5 Å². The van der Waals surface area contributed by atoms with E-state index in [4.69, 9.17) is 0 Å². The first kappa shape index (κ1) is 15.6. The molecule has 3 saturated carbocycles. The molecule has 23 heavy (non-hydrogen) atoms. The molecule has 2 nitrogen and oxygen atoms in total. The average molecular weight is 314 g/mol. The second-order valence-electron chi connectivity index (χ2n) is 9.02. The van der Waals surface area contributed by atoms with E-state index < -0.39 is 0 Å². The quantitative estimate of drug-likeness (QED) is 0.733. The van der Waals surface area contributed by atoms with Crippen molar-refractivity contribution in [3.63, 3.8) is 0 Å². The van der Waals surface area contributed by atoms with Crippen LogP contribution in [0.3, 0.4) is 0 Å². The molecule has 0 radical (unpaired) electrons. The molecule has 4 aliphatic rings. The summed E-state index contributed by atoms with van der Waals surface area (Å²) in [6, 6.07) is 0. The topological polar surface area (TPSA) is 37.3 Å².